The quantitative estimate of drug-likeness (QED) is 0.197. The molecule has 0 radical (unpaired) electrons. The molecule has 3 heterocycles. The Morgan fingerprint density at radius 1 is 1.48 bits per heavy atom. The highest BCUT2D eigenvalue weighted by molar-refractivity contribution is 8.00. The van der Waals surface area contributed by atoms with E-state index in [1.807, 2.05) is 0 Å². The second-order valence-electron chi connectivity index (χ2n) is 6.18. The third-order valence-corrected chi connectivity index (χ3v) is 6.40. The third-order valence-electron chi connectivity index (χ3n) is 4.37. The van der Waals surface area contributed by atoms with E-state index in [0.717, 1.165) is 11.7 Å². The molecule has 29 heavy (non-hydrogen) atoms. The van der Waals surface area contributed by atoms with E-state index in [1.165, 1.54) is 28.9 Å². The van der Waals surface area contributed by atoms with E-state index in [2.05, 4.69) is 30.6 Å². The summed E-state index contributed by atoms with van der Waals surface area (Å²) >= 11 is 2.03. The summed E-state index contributed by atoms with van der Waals surface area (Å²) in [6.45, 7) is 2.76. The number of carbonyl (C=O) groups is 4. The average molecular weight is 441 g/mol. The van der Waals surface area contributed by atoms with Crippen LogP contribution in [0.15, 0.2) is 24.0 Å². The Hall–Kier alpha value is -3.00. The molecule has 0 spiro atoms. The van der Waals surface area contributed by atoms with E-state index in [0.29, 0.717) is 0 Å². The molecule has 1 aromatic heterocycles. The van der Waals surface area contributed by atoms with Crippen molar-refractivity contribution in [2.24, 2.45) is 10.6 Å². The van der Waals surface area contributed by atoms with Crippen molar-refractivity contribution in [3.05, 3.63) is 24.5 Å². The number of hydrogen-bond donors (Lipinski definition) is 3. The molecule has 1 aromatic rings. The molecule has 0 aromatic carbocycles. The summed E-state index contributed by atoms with van der Waals surface area (Å²) in [5, 5.41) is 23.7. The van der Waals surface area contributed by atoms with E-state index in [1.54, 1.807) is 0 Å². The third kappa shape index (κ3) is 3.93. The lowest BCUT2D eigenvalue weighted by atomic mass is 9.87. The Bertz CT molecular complexity index is 890. The smallest absolute Gasteiger partial charge is 0.344 e. The summed E-state index contributed by atoms with van der Waals surface area (Å²) in [4.78, 5) is 53.2. The van der Waals surface area contributed by atoms with Gasteiger partial charge in [-0.05, 0) is 0 Å². The van der Waals surface area contributed by atoms with Crippen LogP contribution in [0.25, 0.3) is 0 Å². The van der Waals surface area contributed by atoms with E-state index >= 15 is 0 Å². The number of oxime groups is 1. The highest BCUT2D eigenvalue weighted by atomic mass is 32.2. The number of nitrogens with zero attached hydrogens (tertiary/aromatic N) is 4. The van der Waals surface area contributed by atoms with Crippen LogP contribution in [0.3, 0.4) is 0 Å². The number of carbonyl (C=O) groups excluding carboxylic acids is 2. The molecular weight excluding hydrogens is 426 g/mol. The van der Waals surface area contributed by atoms with Gasteiger partial charge in [0.1, 0.15) is 22.5 Å². The average Bonchev–Trinajstić information content (AvgIpc) is 3.22. The fourth-order valence-electron chi connectivity index (χ4n) is 2.77. The van der Waals surface area contributed by atoms with Crippen LogP contribution in [0.5, 0.6) is 0 Å². The van der Waals surface area contributed by atoms with Crippen LogP contribution in [0, 0.1) is 5.41 Å². The molecule has 14 heteroatoms. The summed E-state index contributed by atoms with van der Waals surface area (Å²) in [6.07, 6.45) is 2.57. The highest BCUT2D eigenvalue weighted by Crippen LogP contribution is 2.42. The SMILES string of the molecule is C=CC1(C(=O)O)CS[C@@H]2C(NC(=O)C(=NOCC(=O)O)c3cnsn3)C(=O)N2C1. The highest BCUT2D eigenvalue weighted by Gasteiger charge is 2.56. The fraction of sp³-hybridized carbons (Fsp3) is 0.400. The van der Waals surface area contributed by atoms with Gasteiger partial charge in [-0.25, -0.2) is 4.79 Å². The van der Waals surface area contributed by atoms with Crippen LogP contribution < -0.4 is 5.32 Å². The molecule has 2 saturated heterocycles. The van der Waals surface area contributed by atoms with Crippen molar-refractivity contribution < 1.29 is 34.2 Å². The molecule has 154 valence electrons. The number of carboxylic acid groups (broad SMARTS) is 2. The van der Waals surface area contributed by atoms with Gasteiger partial charge >= 0.3 is 11.9 Å². The number of fused-ring (bicyclic) bond motifs is 1. The Kier molecular flexibility index (Phi) is 5.83. The first-order valence-electron chi connectivity index (χ1n) is 8.08. The van der Waals surface area contributed by atoms with Gasteiger partial charge in [0.2, 0.25) is 12.5 Å². The largest absolute Gasteiger partial charge is 0.481 e. The maximum absolute atomic E-state index is 12.6. The van der Waals surface area contributed by atoms with Crippen LogP contribution in [-0.4, -0.2) is 83.6 Å². The minimum absolute atomic E-state index is 0.0343. The van der Waals surface area contributed by atoms with Crippen molar-refractivity contribution in [3.63, 3.8) is 0 Å². The zero-order valence-electron chi connectivity index (χ0n) is 14.7. The van der Waals surface area contributed by atoms with Crippen LogP contribution in [0.1, 0.15) is 5.69 Å². The second-order valence-corrected chi connectivity index (χ2v) is 7.85. The van der Waals surface area contributed by atoms with E-state index in [4.69, 9.17) is 5.11 Å². The number of aliphatic carboxylic acids is 2. The molecule has 2 fully saturated rings. The topological polar surface area (TPSA) is 171 Å². The van der Waals surface area contributed by atoms with Gasteiger partial charge in [-0.15, -0.1) is 18.3 Å². The zero-order valence-corrected chi connectivity index (χ0v) is 16.3. The molecule has 3 N–H and O–H groups in total. The molecule has 2 amide bonds. The van der Waals surface area contributed by atoms with Gasteiger partial charge < -0.3 is 25.3 Å². The number of aromatic nitrogens is 2. The van der Waals surface area contributed by atoms with Crippen molar-refractivity contribution in [2.45, 2.75) is 11.4 Å². The van der Waals surface area contributed by atoms with E-state index in [9.17, 15) is 24.3 Å². The lowest BCUT2D eigenvalue weighted by Crippen LogP contribution is -2.73. The van der Waals surface area contributed by atoms with Crippen LogP contribution in [-0.2, 0) is 24.0 Å². The van der Waals surface area contributed by atoms with E-state index < -0.39 is 47.2 Å². The van der Waals surface area contributed by atoms with Gasteiger partial charge in [0.05, 0.1) is 17.9 Å². The lowest BCUT2D eigenvalue weighted by Gasteiger charge is -2.53. The molecule has 3 atom stereocenters. The molecular formula is C15H15N5O7S2. The van der Waals surface area contributed by atoms with Gasteiger partial charge in [-0.1, -0.05) is 11.2 Å². The number of rotatable bonds is 8. The summed E-state index contributed by atoms with van der Waals surface area (Å²) in [6, 6.07) is -0.889. The van der Waals surface area contributed by atoms with Gasteiger partial charge in [-0.2, -0.15) is 8.75 Å². The van der Waals surface area contributed by atoms with Crippen molar-refractivity contribution in [3.8, 4) is 0 Å². The molecule has 3 rings (SSSR count). The first-order valence-corrected chi connectivity index (χ1v) is 9.86. The van der Waals surface area contributed by atoms with E-state index in [-0.39, 0.29) is 23.7 Å². The first kappa shape index (κ1) is 20.7. The minimum Gasteiger partial charge on any atom is -0.481 e. The number of carboxylic acids is 2. The number of β-lactam (4-membered cyclic amide) rings is 1. The normalized spacial score (nSPS) is 26.1. The van der Waals surface area contributed by atoms with Crippen LogP contribution >= 0.6 is 23.5 Å². The number of nitrogens with one attached hydrogen (secondary N) is 1. The molecule has 2 unspecified atom stereocenters. The molecule has 2 aliphatic heterocycles. The van der Waals surface area contributed by atoms with Gasteiger partial charge in [-0.3, -0.25) is 14.4 Å². The second kappa shape index (κ2) is 8.16. The lowest BCUT2D eigenvalue weighted by molar-refractivity contribution is -0.156. The van der Waals surface area contributed by atoms with Gasteiger partial charge in [0, 0.05) is 12.3 Å². The van der Waals surface area contributed by atoms with Crippen LogP contribution in [0.4, 0.5) is 0 Å². The standard InChI is InChI=1S/C15H15N5O7S2/c1-2-15(14(25)26)5-20-12(24)10(13(20)28-6-15)17-11(23)9(7-3-16-29-19-7)18-27-4-8(21)22/h2-3,10,13H,1,4-6H2,(H,17,23)(H,21,22)(H,25,26)/t10?,13-,15?/m1/s1. The van der Waals surface area contributed by atoms with Crippen molar-refractivity contribution in [1.29, 1.82) is 0 Å². The Morgan fingerprint density at radius 3 is 2.83 bits per heavy atom. The number of amides is 2. The summed E-state index contributed by atoms with van der Waals surface area (Å²) in [5.41, 5.74) is -1.50. The molecule has 0 bridgehead atoms. The zero-order chi connectivity index (χ0) is 21.2. The summed E-state index contributed by atoms with van der Waals surface area (Å²) in [5.74, 6) is -3.38. The van der Waals surface area contributed by atoms with Gasteiger partial charge in [0.25, 0.3) is 5.91 Å². The monoisotopic (exact) mass is 441 g/mol. The van der Waals surface area contributed by atoms with Crippen molar-refractivity contribution in [2.75, 3.05) is 18.9 Å². The van der Waals surface area contributed by atoms with Crippen LogP contribution in [0.2, 0.25) is 0 Å². The number of thioether (sulfide) groups is 1. The molecule has 0 saturated carbocycles. The molecule has 12 nitrogen and oxygen atoms in total. The summed E-state index contributed by atoms with van der Waals surface area (Å²) < 4.78 is 7.63. The minimum atomic E-state index is -1.28. The molecule has 2 aliphatic rings. The molecule has 0 aliphatic carbocycles. The Labute approximate surface area is 171 Å². The maximum atomic E-state index is 12.6. The maximum Gasteiger partial charge on any atom is 0.344 e. The van der Waals surface area contributed by atoms with Crippen molar-refractivity contribution >= 4 is 53.0 Å². The number of hydrogen-bond acceptors (Lipinski definition) is 10. The van der Waals surface area contributed by atoms with Gasteiger partial charge in [0.15, 0.2) is 5.71 Å². The fourth-order valence-corrected chi connectivity index (χ4v) is 4.72. The Balaban J connectivity index is 1.70. The first-order chi connectivity index (χ1) is 13.8. The predicted octanol–water partition coefficient (Wildman–Crippen LogP) is -1.000. The van der Waals surface area contributed by atoms with Crippen molar-refractivity contribution in [1.82, 2.24) is 19.0 Å². The Morgan fingerprint density at radius 2 is 2.24 bits per heavy atom. The predicted molar refractivity (Wildman–Crippen MR) is 100 cm³/mol. The summed E-state index contributed by atoms with van der Waals surface area (Å²) in [7, 11) is 0.